The number of halogens is 3. The number of nitrogens with one attached hydrogen (secondary N) is 1. The van der Waals surface area contributed by atoms with Crippen LogP contribution in [0.25, 0.3) is 6.08 Å². The van der Waals surface area contributed by atoms with E-state index in [1.54, 1.807) is 11.4 Å². The summed E-state index contributed by atoms with van der Waals surface area (Å²) in [5, 5.41) is 12.6. The van der Waals surface area contributed by atoms with Gasteiger partial charge in [-0.2, -0.15) is 13.2 Å². The lowest BCUT2D eigenvalue weighted by atomic mass is 9.90. The molecule has 0 aromatic heterocycles. The van der Waals surface area contributed by atoms with E-state index >= 15 is 0 Å². The second kappa shape index (κ2) is 7.91. The van der Waals surface area contributed by atoms with Gasteiger partial charge in [0, 0.05) is 19.3 Å². The van der Waals surface area contributed by atoms with Crippen molar-refractivity contribution in [1.29, 1.82) is 0 Å². The average Bonchev–Trinajstić information content (AvgIpc) is 2.58. The number of nitrogens with zero attached hydrogens (tertiary/aromatic N) is 1. The molecule has 0 radical (unpaired) electrons. The van der Waals surface area contributed by atoms with E-state index in [1.807, 2.05) is 36.2 Å². The van der Waals surface area contributed by atoms with Gasteiger partial charge in [0.2, 0.25) is 0 Å². The molecule has 1 aliphatic carbocycles. The highest BCUT2D eigenvalue weighted by Gasteiger charge is 2.38. The number of amides is 1. The number of rotatable bonds is 5. The van der Waals surface area contributed by atoms with Gasteiger partial charge in [-0.25, -0.2) is 0 Å². The number of hydrogen-bond acceptors (Lipinski definition) is 3. The Balaban J connectivity index is 1.99. The molecule has 0 saturated heterocycles. The van der Waals surface area contributed by atoms with Crippen LogP contribution in [0.1, 0.15) is 37.7 Å². The van der Waals surface area contributed by atoms with Crippen molar-refractivity contribution in [3.8, 4) is 0 Å². The molecule has 1 fully saturated rings. The Morgan fingerprint density at radius 2 is 2.00 bits per heavy atom. The first-order valence-electron chi connectivity index (χ1n) is 8.30. The second-order valence-corrected chi connectivity index (χ2v) is 6.31. The van der Waals surface area contributed by atoms with E-state index < -0.39 is 17.8 Å². The molecule has 1 aliphatic rings. The van der Waals surface area contributed by atoms with Gasteiger partial charge in [0.25, 0.3) is 0 Å². The van der Waals surface area contributed by atoms with Crippen molar-refractivity contribution in [3.63, 3.8) is 0 Å². The van der Waals surface area contributed by atoms with Crippen LogP contribution < -0.4 is 10.2 Å². The van der Waals surface area contributed by atoms with Gasteiger partial charge in [-0.05, 0) is 43.4 Å². The Morgan fingerprint density at radius 3 is 2.64 bits per heavy atom. The molecular weight excluding hydrogens is 333 g/mol. The molecule has 0 unspecified atom stereocenters. The number of hydrogen-bond donors (Lipinski definition) is 2. The molecule has 0 spiro atoms. The molecule has 2 rings (SSSR count). The highest BCUT2D eigenvalue weighted by atomic mass is 19.4. The molecule has 1 amide bonds. The Morgan fingerprint density at radius 1 is 1.32 bits per heavy atom. The normalized spacial score (nSPS) is 17.5. The summed E-state index contributed by atoms with van der Waals surface area (Å²) < 4.78 is 36.3. The molecule has 0 aliphatic heterocycles. The Labute approximate surface area is 145 Å². The van der Waals surface area contributed by atoms with E-state index in [0.29, 0.717) is 12.8 Å². The van der Waals surface area contributed by atoms with Crippen LogP contribution >= 0.6 is 0 Å². The lowest BCUT2D eigenvalue weighted by molar-refractivity contribution is -0.173. The molecule has 25 heavy (non-hydrogen) atoms. The van der Waals surface area contributed by atoms with Crippen LogP contribution in [0.3, 0.4) is 0 Å². The first-order chi connectivity index (χ1) is 11.7. The third-order valence-corrected chi connectivity index (χ3v) is 4.48. The molecule has 1 aromatic carbocycles. The summed E-state index contributed by atoms with van der Waals surface area (Å²) in [4.78, 5) is 12.6. The topological polar surface area (TPSA) is 52.6 Å². The summed E-state index contributed by atoms with van der Waals surface area (Å²) in [5.41, 5.74) is 0.761. The van der Waals surface area contributed by atoms with Gasteiger partial charge >= 0.3 is 12.1 Å². The van der Waals surface area contributed by atoms with E-state index in [0.717, 1.165) is 30.5 Å². The fourth-order valence-electron chi connectivity index (χ4n) is 2.98. The number of anilines is 1. The van der Waals surface area contributed by atoms with Gasteiger partial charge in [-0.1, -0.05) is 30.7 Å². The van der Waals surface area contributed by atoms with Crippen LogP contribution in [-0.2, 0) is 4.79 Å². The number of aliphatic hydroxyl groups is 1. The largest absolute Gasteiger partial charge is 0.471 e. The monoisotopic (exact) mass is 356 g/mol. The number of alkyl halides is 3. The number of benzene rings is 1. The maximum Gasteiger partial charge on any atom is 0.471 e. The molecule has 1 saturated carbocycles. The molecule has 1 aromatic rings. The zero-order valence-corrected chi connectivity index (χ0v) is 14.1. The minimum absolute atomic E-state index is 0.206. The third-order valence-electron chi connectivity index (χ3n) is 4.48. The van der Waals surface area contributed by atoms with Crippen molar-refractivity contribution in [2.45, 2.75) is 44.0 Å². The molecule has 7 heteroatoms. The van der Waals surface area contributed by atoms with E-state index in [2.05, 4.69) is 0 Å². The van der Waals surface area contributed by atoms with Crippen molar-refractivity contribution in [1.82, 2.24) is 5.32 Å². The minimum Gasteiger partial charge on any atom is -0.371 e. The molecular formula is C18H23F3N2O2. The van der Waals surface area contributed by atoms with Crippen LogP contribution in [-0.4, -0.2) is 36.5 Å². The molecule has 2 N–H and O–H groups in total. The van der Waals surface area contributed by atoms with Crippen molar-refractivity contribution >= 4 is 17.7 Å². The Bertz CT molecular complexity index is 623. The van der Waals surface area contributed by atoms with Gasteiger partial charge in [0.05, 0.1) is 0 Å². The van der Waals surface area contributed by atoms with Crippen molar-refractivity contribution < 1.29 is 23.1 Å². The van der Waals surface area contributed by atoms with Crippen LogP contribution in [0.4, 0.5) is 18.9 Å². The highest BCUT2D eigenvalue weighted by Crippen LogP contribution is 2.33. The van der Waals surface area contributed by atoms with Gasteiger partial charge in [-0.3, -0.25) is 4.79 Å². The quantitative estimate of drug-likeness (QED) is 0.795. The number of carbonyl (C=O) groups is 1. The van der Waals surface area contributed by atoms with E-state index in [1.165, 1.54) is 6.08 Å². The SMILES string of the molecule is CN(c1cccc(/C=C/CNC(=O)C(F)(F)F)c1)C1(O)CCCCC1. The van der Waals surface area contributed by atoms with Crippen molar-refractivity contribution in [2.24, 2.45) is 0 Å². The van der Waals surface area contributed by atoms with Crippen molar-refractivity contribution in [3.05, 3.63) is 35.9 Å². The summed E-state index contributed by atoms with van der Waals surface area (Å²) >= 11 is 0. The Hall–Kier alpha value is -2.02. The lowest BCUT2D eigenvalue weighted by Gasteiger charge is -2.41. The van der Waals surface area contributed by atoms with E-state index in [4.69, 9.17) is 0 Å². The predicted octanol–water partition coefficient (Wildman–Crippen LogP) is 3.47. The Kier molecular flexibility index (Phi) is 6.11. The smallest absolute Gasteiger partial charge is 0.371 e. The van der Waals surface area contributed by atoms with Crippen LogP contribution in [0.2, 0.25) is 0 Å². The van der Waals surface area contributed by atoms with Gasteiger partial charge in [-0.15, -0.1) is 0 Å². The van der Waals surface area contributed by atoms with Gasteiger partial charge < -0.3 is 15.3 Å². The zero-order valence-electron chi connectivity index (χ0n) is 14.1. The van der Waals surface area contributed by atoms with Crippen LogP contribution in [0, 0.1) is 0 Å². The standard InChI is InChI=1S/C18H23F3N2O2/c1-23(17(25)10-3-2-4-11-17)15-9-5-7-14(13-15)8-6-12-22-16(24)18(19,20)21/h5-9,13,25H,2-4,10-12H2,1H3,(H,22,24)/b8-6+. The first kappa shape index (κ1) is 19.3. The third kappa shape index (κ3) is 5.22. The summed E-state index contributed by atoms with van der Waals surface area (Å²) in [6.07, 6.45) is 2.75. The molecule has 138 valence electrons. The summed E-state index contributed by atoms with van der Waals surface area (Å²) in [7, 11) is 1.84. The summed E-state index contributed by atoms with van der Waals surface area (Å²) in [6.45, 7) is -0.206. The molecule has 0 bridgehead atoms. The highest BCUT2D eigenvalue weighted by molar-refractivity contribution is 5.81. The minimum atomic E-state index is -4.87. The van der Waals surface area contributed by atoms with Crippen LogP contribution in [0.15, 0.2) is 30.3 Å². The van der Waals surface area contributed by atoms with E-state index in [-0.39, 0.29) is 6.54 Å². The lowest BCUT2D eigenvalue weighted by Crippen LogP contribution is -2.48. The maximum atomic E-state index is 12.1. The van der Waals surface area contributed by atoms with Crippen molar-refractivity contribution in [2.75, 3.05) is 18.5 Å². The zero-order chi connectivity index (χ0) is 18.5. The fourth-order valence-corrected chi connectivity index (χ4v) is 2.98. The first-order valence-corrected chi connectivity index (χ1v) is 8.30. The van der Waals surface area contributed by atoms with E-state index in [9.17, 15) is 23.1 Å². The summed E-state index contributed by atoms with van der Waals surface area (Å²) in [6, 6.07) is 7.38. The number of carbonyl (C=O) groups excluding carboxylic acids is 1. The van der Waals surface area contributed by atoms with Crippen LogP contribution in [0.5, 0.6) is 0 Å². The maximum absolute atomic E-state index is 12.1. The average molecular weight is 356 g/mol. The molecule has 0 heterocycles. The van der Waals surface area contributed by atoms with Gasteiger partial charge in [0.1, 0.15) is 5.72 Å². The predicted molar refractivity (Wildman–Crippen MR) is 91.0 cm³/mol. The fraction of sp³-hybridized carbons (Fsp3) is 0.500. The molecule has 0 atom stereocenters. The van der Waals surface area contributed by atoms with Gasteiger partial charge in [0.15, 0.2) is 0 Å². The molecule has 4 nitrogen and oxygen atoms in total. The summed E-state index contributed by atoms with van der Waals surface area (Å²) in [5.74, 6) is -1.95. The second-order valence-electron chi connectivity index (χ2n) is 6.31.